The standard InChI is InChI=1S/C50H35N3O/c1-3-13-32(14-4-1)33-25-27-35(28-26-33)49-38-17-7-9-21-42(38)51-50(52-49)41-20-12-24-45-48(41)40-30-29-36(31-46(40)54-45)53-43-22-10-8-18-39(43)47-37(19-11-23-44(47)53)34-15-5-2-6-16-34/h2-3,5-7,9-17,19-31H,1,4,8,18H2. The zero-order valence-corrected chi connectivity index (χ0v) is 29.7. The van der Waals surface area contributed by atoms with Gasteiger partial charge in [-0.25, -0.2) is 9.97 Å². The van der Waals surface area contributed by atoms with Gasteiger partial charge in [0.1, 0.15) is 11.2 Å². The van der Waals surface area contributed by atoms with E-state index in [4.69, 9.17) is 14.4 Å². The highest BCUT2D eigenvalue weighted by Crippen LogP contribution is 2.42. The second-order valence-electron chi connectivity index (χ2n) is 14.3. The van der Waals surface area contributed by atoms with Gasteiger partial charge in [-0.1, -0.05) is 121 Å². The summed E-state index contributed by atoms with van der Waals surface area (Å²) in [5, 5.41) is 4.44. The average Bonchev–Trinajstić information content (AvgIpc) is 3.79. The molecule has 3 heterocycles. The molecule has 11 rings (SSSR count). The molecule has 54 heavy (non-hydrogen) atoms. The van der Waals surface area contributed by atoms with Crippen molar-refractivity contribution in [2.45, 2.75) is 25.7 Å². The number of hydrogen-bond donors (Lipinski definition) is 0. The van der Waals surface area contributed by atoms with E-state index in [1.165, 1.54) is 44.4 Å². The average molecular weight is 694 g/mol. The molecule has 4 nitrogen and oxygen atoms in total. The summed E-state index contributed by atoms with van der Waals surface area (Å²) in [6.45, 7) is 0. The Morgan fingerprint density at radius 3 is 2.26 bits per heavy atom. The van der Waals surface area contributed by atoms with Gasteiger partial charge in [-0.05, 0) is 89.9 Å². The molecule has 256 valence electrons. The highest BCUT2D eigenvalue weighted by molar-refractivity contribution is 6.13. The van der Waals surface area contributed by atoms with E-state index in [2.05, 4.69) is 156 Å². The molecule has 0 amide bonds. The van der Waals surface area contributed by atoms with Crippen LogP contribution in [0.1, 0.15) is 36.1 Å². The minimum Gasteiger partial charge on any atom is -0.456 e. The van der Waals surface area contributed by atoms with Gasteiger partial charge in [-0.2, -0.15) is 0 Å². The Morgan fingerprint density at radius 1 is 0.556 bits per heavy atom. The highest BCUT2D eigenvalue weighted by Gasteiger charge is 2.23. The Hall–Kier alpha value is -6.78. The van der Waals surface area contributed by atoms with E-state index in [1.807, 2.05) is 12.1 Å². The van der Waals surface area contributed by atoms with Crippen LogP contribution >= 0.6 is 0 Å². The molecule has 0 radical (unpaired) electrons. The van der Waals surface area contributed by atoms with Crippen LogP contribution in [-0.4, -0.2) is 14.5 Å². The summed E-state index contributed by atoms with van der Waals surface area (Å²) in [5.74, 6) is 0.687. The van der Waals surface area contributed by atoms with Crippen LogP contribution in [0.5, 0.6) is 0 Å². The normalized spacial score (nSPS) is 14.0. The summed E-state index contributed by atoms with van der Waals surface area (Å²) < 4.78 is 9.09. The van der Waals surface area contributed by atoms with Crippen molar-refractivity contribution < 1.29 is 4.42 Å². The van der Waals surface area contributed by atoms with Gasteiger partial charge in [0.2, 0.25) is 0 Å². The van der Waals surface area contributed by atoms with E-state index < -0.39 is 0 Å². The molecule has 9 aromatic rings. The van der Waals surface area contributed by atoms with Crippen LogP contribution in [0.25, 0.3) is 94.9 Å². The fraction of sp³-hybridized carbons (Fsp3) is 0.0800. The lowest BCUT2D eigenvalue weighted by atomic mass is 9.94. The number of aromatic nitrogens is 3. The lowest BCUT2D eigenvalue weighted by molar-refractivity contribution is 0.668. The van der Waals surface area contributed by atoms with Crippen LogP contribution in [0.3, 0.4) is 0 Å². The maximum absolute atomic E-state index is 6.68. The minimum atomic E-state index is 0.687. The van der Waals surface area contributed by atoms with Crippen LogP contribution in [0.2, 0.25) is 0 Å². The van der Waals surface area contributed by atoms with Gasteiger partial charge in [0.25, 0.3) is 0 Å². The number of furan rings is 1. The van der Waals surface area contributed by atoms with Crippen LogP contribution < -0.4 is 0 Å². The number of fused-ring (bicyclic) bond motifs is 7. The van der Waals surface area contributed by atoms with Gasteiger partial charge in [-0.3, -0.25) is 0 Å². The molecular weight excluding hydrogens is 659 g/mol. The van der Waals surface area contributed by atoms with Crippen molar-refractivity contribution in [3.63, 3.8) is 0 Å². The molecule has 0 unspecified atom stereocenters. The Morgan fingerprint density at radius 2 is 1.37 bits per heavy atom. The molecule has 4 heteroatoms. The molecule has 0 N–H and O–H groups in total. The van der Waals surface area contributed by atoms with Crippen LogP contribution in [0.15, 0.2) is 162 Å². The Labute approximate surface area is 313 Å². The second-order valence-corrected chi connectivity index (χ2v) is 14.3. The molecule has 0 atom stereocenters. The molecular formula is C50H35N3O. The third kappa shape index (κ3) is 4.91. The first kappa shape index (κ1) is 30.8. The van der Waals surface area contributed by atoms with Crippen molar-refractivity contribution in [3.8, 4) is 39.5 Å². The number of allylic oxidation sites excluding steroid dienone is 5. The molecule has 2 aliphatic carbocycles. The maximum atomic E-state index is 6.68. The van der Waals surface area contributed by atoms with Crippen LogP contribution in [-0.2, 0) is 6.42 Å². The number of benzene rings is 6. The Balaban J connectivity index is 1.06. The summed E-state index contributed by atoms with van der Waals surface area (Å²) in [6.07, 6.45) is 15.6. The van der Waals surface area contributed by atoms with Gasteiger partial charge in [0.05, 0.1) is 16.7 Å². The molecule has 0 aliphatic heterocycles. The van der Waals surface area contributed by atoms with Crippen molar-refractivity contribution in [2.24, 2.45) is 0 Å². The largest absolute Gasteiger partial charge is 0.456 e. The summed E-state index contributed by atoms with van der Waals surface area (Å²) in [4.78, 5) is 10.5. The van der Waals surface area contributed by atoms with E-state index in [0.29, 0.717) is 5.82 Å². The van der Waals surface area contributed by atoms with E-state index in [1.54, 1.807) is 0 Å². The first-order valence-corrected chi connectivity index (χ1v) is 18.9. The number of rotatable bonds is 5. The molecule has 2 aliphatic rings. The first-order chi connectivity index (χ1) is 26.8. The highest BCUT2D eigenvalue weighted by atomic mass is 16.3. The van der Waals surface area contributed by atoms with E-state index in [9.17, 15) is 0 Å². The second kappa shape index (κ2) is 12.4. The monoisotopic (exact) mass is 693 g/mol. The number of nitrogens with zero attached hydrogens (tertiary/aromatic N) is 3. The summed E-state index contributed by atoms with van der Waals surface area (Å²) in [7, 11) is 0. The lowest BCUT2D eigenvalue weighted by Gasteiger charge is -2.12. The molecule has 6 aromatic carbocycles. The Bertz CT molecular complexity index is 3030. The smallest absolute Gasteiger partial charge is 0.161 e. The topological polar surface area (TPSA) is 43.9 Å². The molecule has 0 fully saturated rings. The van der Waals surface area contributed by atoms with E-state index in [-0.39, 0.29) is 0 Å². The van der Waals surface area contributed by atoms with Crippen molar-refractivity contribution in [1.29, 1.82) is 0 Å². The fourth-order valence-corrected chi connectivity index (χ4v) is 8.63. The van der Waals surface area contributed by atoms with Crippen molar-refractivity contribution in [1.82, 2.24) is 14.5 Å². The fourth-order valence-electron chi connectivity index (χ4n) is 8.63. The number of aryl methyl sites for hydroxylation is 1. The molecule has 0 bridgehead atoms. The van der Waals surface area contributed by atoms with Crippen molar-refractivity contribution in [3.05, 3.63) is 175 Å². The SMILES string of the molecule is C1=CC(c2ccc(-c3nc(-c4cccc5oc6cc(-n7c8c(c9c(-c%10ccccc%10)cccc97)CCC=C8)ccc6c45)nc4ccccc34)cc2)=CCC1. The zero-order valence-electron chi connectivity index (χ0n) is 29.7. The number of para-hydroxylation sites is 1. The third-order valence-corrected chi connectivity index (χ3v) is 11.1. The van der Waals surface area contributed by atoms with Crippen LogP contribution in [0.4, 0.5) is 0 Å². The van der Waals surface area contributed by atoms with Crippen molar-refractivity contribution >= 4 is 55.4 Å². The maximum Gasteiger partial charge on any atom is 0.161 e. The summed E-state index contributed by atoms with van der Waals surface area (Å²) in [6, 6.07) is 47.4. The Kier molecular flexibility index (Phi) is 7.09. The third-order valence-electron chi connectivity index (χ3n) is 11.1. The first-order valence-electron chi connectivity index (χ1n) is 18.9. The van der Waals surface area contributed by atoms with Crippen LogP contribution in [0, 0.1) is 0 Å². The van der Waals surface area contributed by atoms with Gasteiger partial charge in [-0.15, -0.1) is 0 Å². The predicted octanol–water partition coefficient (Wildman–Crippen LogP) is 13.2. The lowest BCUT2D eigenvalue weighted by Crippen LogP contribution is -2.00. The number of hydrogen-bond acceptors (Lipinski definition) is 3. The molecule has 0 saturated carbocycles. The molecule has 3 aromatic heterocycles. The summed E-state index contributed by atoms with van der Waals surface area (Å²) in [5.41, 5.74) is 15.5. The summed E-state index contributed by atoms with van der Waals surface area (Å²) >= 11 is 0. The van der Waals surface area contributed by atoms with Crippen molar-refractivity contribution in [2.75, 3.05) is 0 Å². The van der Waals surface area contributed by atoms with Gasteiger partial charge >= 0.3 is 0 Å². The van der Waals surface area contributed by atoms with E-state index >= 15 is 0 Å². The van der Waals surface area contributed by atoms with Gasteiger partial charge < -0.3 is 8.98 Å². The van der Waals surface area contributed by atoms with Gasteiger partial charge in [0, 0.05) is 50.1 Å². The molecule has 0 saturated heterocycles. The van der Waals surface area contributed by atoms with Gasteiger partial charge in [0.15, 0.2) is 5.82 Å². The predicted molar refractivity (Wildman–Crippen MR) is 224 cm³/mol. The van der Waals surface area contributed by atoms with E-state index in [0.717, 1.165) is 81.0 Å². The zero-order chi connectivity index (χ0) is 35.6. The molecule has 0 spiro atoms. The quantitative estimate of drug-likeness (QED) is 0.180. The minimum absolute atomic E-state index is 0.687.